The second-order valence-electron chi connectivity index (χ2n) is 6.55. The first-order chi connectivity index (χ1) is 7.71. The third-order valence-electron chi connectivity index (χ3n) is 4.21. The van der Waals surface area contributed by atoms with Gasteiger partial charge in [-0.2, -0.15) is 0 Å². The maximum absolute atomic E-state index is 2.47. The average Bonchev–Trinajstić information content (AvgIpc) is 2.24. The second kappa shape index (κ2) is 8.20. The van der Waals surface area contributed by atoms with Crippen LogP contribution in [0.5, 0.6) is 0 Å². The summed E-state index contributed by atoms with van der Waals surface area (Å²) < 4.78 is 0. The van der Waals surface area contributed by atoms with Crippen molar-refractivity contribution in [3.63, 3.8) is 0 Å². The van der Waals surface area contributed by atoms with E-state index in [1.54, 1.807) is 0 Å². The van der Waals surface area contributed by atoms with Crippen LogP contribution >= 0.6 is 0 Å². The van der Waals surface area contributed by atoms with E-state index in [4.69, 9.17) is 0 Å². The summed E-state index contributed by atoms with van der Waals surface area (Å²) in [6.07, 6.45) is 19.2. The molecule has 0 atom stereocenters. The molecule has 1 rings (SSSR count). The first-order valence-electron chi connectivity index (χ1n) is 7.71. The van der Waals surface area contributed by atoms with Crippen LogP contribution in [0.1, 0.15) is 90.4 Å². The van der Waals surface area contributed by atoms with E-state index in [-0.39, 0.29) is 0 Å². The number of hydrogen-bond acceptors (Lipinski definition) is 0. The quantitative estimate of drug-likeness (QED) is 0.512. The minimum absolute atomic E-state index is 0.615. The van der Waals surface area contributed by atoms with E-state index in [1.807, 2.05) is 0 Å². The van der Waals surface area contributed by atoms with E-state index < -0.39 is 0 Å². The molecule has 0 unspecified atom stereocenters. The lowest BCUT2D eigenvalue weighted by atomic mass is 9.64. The fourth-order valence-electron chi connectivity index (χ4n) is 2.92. The Labute approximate surface area is 104 Å². The van der Waals surface area contributed by atoms with Crippen LogP contribution in [0.2, 0.25) is 5.31 Å². The molecule has 1 aliphatic rings. The molecule has 0 amide bonds. The summed E-state index contributed by atoms with van der Waals surface area (Å²) in [4.78, 5) is 0. The molecule has 0 radical (unpaired) electrons. The van der Waals surface area contributed by atoms with Crippen molar-refractivity contribution in [3.8, 4) is 0 Å². The Kier molecular flexibility index (Phi) is 7.24. The van der Waals surface area contributed by atoms with Crippen LogP contribution in [-0.2, 0) is 0 Å². The summed E-state index contributed by atoms with van der Waals surface area (Å²) in [6, 6.07) is 0. The van der Waals surface area contributed by atoms with Crippen LogP contribution in [0.4, 0.5) is 0 Å². The molecule has 0 spiro atoms. The van der Waals surface area contributed by atoms with E-state index in [2.05, 4.69) is 14.8 Å². The molecule has 0 nitrogen and oxygen atoms in total. The van der Waals surface area contributed by atoms with Gasteiger partial charge >= 0.3 is 0 Å². The molecule has 0 aromatic carbocycles. The summed E-state index contributed by atoms with van der Waals surface area (Å²) >= 11 is 0. The topological polar surface area (TPSA) is 0 Å². The SMILES string of the molecule is BC1(C)CCCCCCCCCCCCC1. The first kappa shape index (κ1) is 14.1. The van der Waals surface area contributed by atoms with Gasteiger partial charge in [-0.05, 0) is 0 Å². The molecule has 16 heavy (non-hydrogen) atoms. The maximum atomic E-state index is 2.47. The standard InChI is InChI=1S/C15H31B/c1-15(16)13-11-9-7-5-3-2-4-6-8-10-12-14-15/h2-14,16H2,1H3. The van der Waals surface area contributed by atoms with Crippen molar-refractivity contribution in [3.05, 3.63) is 0 Å². The van der Waals surface area contributed by atoms with Crippen molar-refractivity contribution in [2.75, 3.05) is 0 Å². The van der Waals surface area contributed by atoms with Gasteiger partial charge in [-0.25, -0.2) is 0 Å². The van der Waals surface area contributed by atoms with Crippen molar-refractivity contribution in [1.82, 2.24) is 0 Å². The highest BCUT2D eigenvalue weighted by Gasteiger charge is 2.16. The lowest BCUT2D eigenvalue weighted by Gasteiger charge is -2.24. The Morgan fingerprint density at radius 3 is 1.12 bits per heavy atom. The Bertz CT molecular complexity index is 147. The van der Waals surface area contributed by atoms with Crippen LogP contribution in [0.3, 0.4) is 0 Å². The molecular formula is C15H31B. The average molecular weight is 222 g/mol. The van der Waals surface area contributed by atoms with Gasteiger partial charge in [0.1, 0.15) is 7.85 Å². The highest BCUT2D eigenvalue weighted by molar-refractivity contribution is 6.14. The molecule has 0 aromatic heterocycles. The highest BCUT2D eigenvalue weighted by Crippen LogP contribution is 2.34. The third-order valence-corrected chi connectivity index (χ3v) is 4.21. The van der Waals surface area contributed by atoms with Gasteiger partial charge in [-0.15, -0.1) is 0 Å². The van der Waals surface area contributed by atoms with E-state index in [0.717, 1.165) is 0 Å². The fraction of sp³-hybridized carbons (Fsp3) is 1.00. The van der Waals surface area contributed by atoms with Gasteiger partial charge in [0, 0.05) is 0 Å². The summed E-state index contributed by atoms with van der Waals surface area (Å²) in [5.74, 6) is 0. The van der Waals surface area contributed by atoms with Crippen LogP contribution in [0.25, 0.3) is 0 Å². The predicted octanol–water partition coefficient (Wildman–Crippen LogP) is 4.88. The molecule has 0 aliphatic heterocycles. The monoisotopic (exact) mass is 222 g/mol. The minimum Gasteiger partial charge on any atom is -0.0669 e. The van der Waals surface area contributed by atoms with Crippen LogP contribution in [0, 0.1) is 0 Å². The summed E-state index contributed by atoms with van der Waals surface area (Å²) in [5.41, 5.74) is 0. The van der Waals surface area contributed by atoms with Gasteiger partial charge in [0.2, 0.25) is 0 Å². The van der Waals surface area contributed by atoms with Gasteiger partial charge < -0.3 is 0 Å². The first-order valence-corrected chi connectivity index (χ1v) is 7.71. The predicted molar refractivity (Wildman–Crippen MR) is 76.9 cm³/mol. The smallest absolute Gasteiger partial charge is 0.0669 e. The van der Waals surface area contributed by atoms with Crippen molar-refractivity contribution in [1.29, 1.82) is 0 Å². The minimum atomic E-state index is 0.615. The molecule has 94 valence electrons. The van der Waals surface area contributed by atoms with E-state index in [0.29, 0.717) is 5.31 Å². The van der Waals surface area contributed by atoms with Crippen LogP contribution < -0.4 is 0 Å². The van der Waals surface area contributed by atoms with Gasteiger partial charge in [0.05, 0.1) is 0 Å². The molecule has 1 fully saturated rings. The largest absolute Gasteiger partial charge is 0.109 e. The highest BCUT2D eigenvalue weighted by atomic mass is 14.2. The van der Waals surface area contributed by atoms with Crippen LogP contribution in [0.15, 0.2) is 0 Å². The second-order valence-corrected chi connectivity index (χ2v) is 6.55. The molecule has 0 saturated heterocycles. The Morgan fingerprint density at radius 2 is 0.812 bits per heavy atom. The summed E-state index contributed by atoms with van der Waals surface area (Å²) in [7, 11) is 2.47. The molecule has 1 aliphatic carbocycles. The van der Waals surface area contributed by atoms with Gasteiger partial charge in [0.25, 0.3) is 0 Å². The molecule has 0 aromatic rings. The molecule has 0 N–H and O–H groups in total. The molecular weight excluding hydrogens is 191 g/mol. The lowest BCUT2D eigenvalue weighted by molar-refractivity contribution is 0.440. The summed E-state index contributed by atoms with van der Waals surface area (Å²) in [6.45, 7) is 2.47. The number of hydrogen-bond donors (Lipinski definition) is 0. The lowest BCUT2D eigenvalue weighted by Crippen LogP contribution is -2.08. The Balaban J connectivity index is 2.22. The van der Waals surface area contributed by atoms with Gasteiger partial charge in [-0.1, -0.05) is 95.7 Å². The van der Waals surface area contributed by atoms with Crippen molar-refractivity contribution in [2.24, 2.45) is 0 Å². The van der Waals surface area contributed by atoms with Crippen LogP contribution in [-0.4, -0.2) is 7.85 Å². The number of rotatable bonds is 0. The fourth-order valence-corrected chi connectivity index (χ4v) is 2.92. The third kappa shape index (κ3) is 7.36. The zero-order chi connectivity index (χ0) is 11.7. The van der Waals surface area contributed by atoms with E-state index >= 15 is 0 Å². The summed E-state index contributed by atoms with van der Waals surface area (Å²) in [5, 5.41) is 0.615. The van der Waals surface area contributed by atoms with E-state index in [1.165, 1.54) is 83.5 Å². The van der Waals surface area contributed by atoms with E-state index in [9.17, 15) is 0 Å². The maximum Gasteiger partial charge on any atom is 0.109 e. The van der Waals surface area contributed by atoms with Crippen molar-refractivity contribution >= 4 is 7.85 Å². The Hall–Kier alpha value is 0.0649. The zero-order valence-corrected chi connectivity index (χ0v) is 11.7. The molecule has 0 heterocycles. The molecule has 1 saturated carbocycles. The molecule has 0 bridgehead atoms. The zero-order valence-electron chi connectivity index (χ0n) is 11.7. The molecule has 1 heteroatoms. The van der Waals surface area contributed by atoms with Crippen molar-refractivity contribution < 1.29 is 0 Å². The van der Waals surface area contributed by atoms with Gasteiger partial charge in [0.15, 0.2) is 0 Å². The van der Waals surface area contributed by atoms with Crippen molar-refractivity contribution in [2.45, 2.75) is 95.7 Å². The Morgan fingerprint density at radius 1 is 0.562 bits per heavy atom. The normalized spacial score (nSPS) is 25.8. The van der Waals surface area contributed by atoms with Gasteiger partial charge in [-0.3, -0.25) is 0 Å².